The topological polar surface area (TPSA) is 69.6 Å². The lowest BCUT2D eigenvalue weighted by molar-refractivity contribution is -0.222. The first-order chi connectivity index (χ1) is 7.47. The number of tetrazole rings is 1. The highest BCUT2D eigenvalue weighted by molar-refractivity contribution is 5.57. The molecule has 0 aliphatic carbocycles. The summed E-state index contributed by atoms with van der Waals surface area (Å²) < 4.78 is 36.5. The van der Waals surface area contributed by atoms with Crippen molar-refractivity contribution in [2.45, 2.75) is 6.30 Å². The lowest BCUT2D eigenvalue weighted by atomic mass is 10.2. The first-order valence-electron chi connectivity index (χ1n) is 4.20. The standard InChI is InChI=1S/C8H6F3N5/c9-8(10,11)16-14-7(13-15-16)5-1-3-6(12)4-2-5/h1-4H,12H2. The van der Waals surface area contributed by atoms with Gasteiger partial charge in [-0.15, -0.1) is 23.4 Å². The van der Waals surface area contributed by atoms with Gasteiger partial charge in [-0.2, -0.15) is 0 Å². The van der Waals surface area contributed by atoms with Crippen LogP contribution < -0.4 is 5.73 Å². The van der Waals surface area contributed by atoms with E-state index < -0.39 is 11.1 Å². The SMILES string of the molecule is Nc1ccc(-c2nnn(C(F)(F)F)n2)cc1. The molecule has 0 saturated carbocycles. The van der Waals surface area contributed by atoms with Gasteiger partial charge in [0.15, 0.2) is 0 Å². The van der Waals surface area contributed by atoms with Gasteiger partial charge < -0.3 is 5.73 Å². The molecule has 5 nitrogen and oxygen atoms in total. The molecule has 8 heteroatoms. The fourth-order valence-electron chi connectivity index (χ4n) is 1.07. The predicted octanol–water partition coefficient (Wildman–Crippen LogP) is 1.40. The van der Waals surface area contributed by atoms with Crippen molar-refractivity contribution in [3.05, 3.63) is 24.3 Å². The van der Waals surface area contributed by atoms with Crippen LogP contribution in [0.4, 0.5) is 18.9 Å². The summed E-state index contributed by atoms with van der Waals surface area (Å²) in [6.45, 7) is 0. The van der Waals surface area contributed by atoms with E-state index in [9.17, 15) is 13.2 Å². The molecule has 0 aliphatic rings. The summed E-state index contributed by atoms with van der Waals surface area (Å²) >= 11 is 0. The van der Waals surface area contributed by atoms with Crippen molar-refractivity contribution in [2.75, 3.05) is 5.73 Å². The van der Waals surface area contributed by atoms with Gasteiger partial charge in [-0.25, -0.2) is 0 Å². The quantitative estimate of drug-likeness (QED) is 0.750. The molecule has 0 aliphatic heterocycles. The Bertz CT molecular complexity index is 487. The van der Waals surface area contributed by atoms with Crippen molar-refractivity contribution in [1.82, 2.24) is 20.2 Å². The molecule has 2 aromatic rings. The zero-order valence-electron chi connectivity index (χ0n) is 7.81. The van der Waals surface area contributed by atoms with E-state index in [1.165, 1.54) is 12.1 Å². The van der Waals surface area contributed by atoms with Gasteiger partial charge >= 0.3 is 6.30 Å². The Labute approximate surface area is 87.7 Å². The highest BCUT2D eigenvalue weighted by Crippen LogP contribution is 2.21. The molecular formula is C8H6F3N5. The smallest absolute Gasteiger partial charge is 0.399 e. The Balaban J connectivity index is 2.35. The lowest BCUT2D eigenvalue weighted by Gasteiger charge is -2.00. The van der Waals surface area contributed by atoms with Gasteiger partial charge in [0.25, 0.3) is 0 Å². The van der Waals surface area contributed by atoms with Crippen molar-refractivity contribution in [1.29, 1.82) is 0 Å². The summed E-state index contributed by atoms with van der Waals surface area (Å²) in [6.07, 6.45) is -4.65. The van der Waals surface area contributed by atoms with E-state index in [1.54, 1.807) is 12.1 Å². The third-order valence-corrected chi connectivity index (χ3v) is 1.81. The van der Waals surface area contributed by atoms with Crippen LogP contribution in [0.25, 0.3) is 11.4 Å². The van der Waals surface area contributed by atoms with Crippen LogP contribution in [0, 0.1) is 0 Å². The third kappa shape index (κ3) is 1.95. The Kier molecular flexibility index (Phi) is 2.26. The number of alkyl halides is 3. The van der Waals surface area contributed by atoms with Gasteiger partial charge in [0.2, 0.25) is 5.82 Å². The number of nitrogens with two attached hydrogens (primary N) is 1. The van der Waals surface area contributed by atoms with Crippen LogP contribution in [-0.4, -0.2) is 20.2 Å². The Morgan fingerprint density at radius 3 is 2.25 bits per heavy atom. The summed E-state index contributed by atoms with van der Waals surface area (Å²) in [5.74, 6) is -0.0997. The highest BCUT2D eigenvalue weighted by atomic mass is 19.4. The van der Waals surface area contributed by atoms with Crippen LogP contribution in [-0.2, 0) is 6.30 Å². The van der Waals surface area contributed by atoms with E-state index in [0.717, 1.165) is 0 Å². The lowest BCUT2D eigenvalue weighted by Crippen LogP contribution is -2.19. The van der Waals surface area contributed by atoms with Gasteiger partial charge in [0, 0.05) is 11.3 Å². The number of rotatable bonds is 1. The number of anilines is 1. The second-order valence-corrected chi connectivity index (χ2v) is 2.99. The molecule has 1 heterocycles. The van der Waals surface area contributed by atoms with Crippen LogP contribution in [0.15, 0.2) is 24.3 Å². The minimum absolute atomic E-state index is 0.0997. The molecule has 1 aromatic heterocycles. The summed E-state index contributed by atoms with van der Waals surface area (Å²) in [4.78, 5) is -0.390. The van der Waals surface area contributed by atoms with Gasteiger partial charge in [-0.1, -0.05) is 4.80 Å². The largest absolute Gasteiger partial charge is 0.522 e. The van der Waals surface area contributed by atoms with Crippen molar-refractivity contribution >= 4 is 5.69 Å². The second-order valence-electron chi connectivity index (χ2n) is 2.99. The predicted molar refractivity (Wildman–Crippen MR) is 49.0 cm³/mol. The molecule has 0 unspecified atom stereocenters. The van der Waals surface area contributed by atoms with Crippen molar-refractivity contribution in [3.63, 3.8) is 0 Å². The van der Waals surface area contributed by atoms with E-state index in [0.29, 0.717) is 11.3 Å². The number of hydrogen-bond acceptors (Lipinski definition) is 4. The fraction of sp³-hybridized carbons (Fsp3) is 0.125. The summed E-state index contributed by atoms with van der Waals surface area (Å²) in [5, 5.41) is 9.42. The molecule has 0 fully saturated rings. The maximum absolute atomic E-state index is 12.2. The Hall–Kier alpha value is -2.12. The summed E-state index contributed by atoms with van der Waals surface area (Å²) in [5.41, 5.74) is 6.37. The average Bonchev–Trinajstić information content (AvgIpc) is 2.67. The molecule has 0 bridgehead atoms. The normalized spacial score (nSPS) is 11.7. The van der Waals surface area contributed by atoms with Crippen molar-refractivity contribution in [2.24, 2.45) is 0 Å². The van der Waals surface area contributed by atoms with Gasteiger partial charge in [-0.3, -0.25) is 0 Å². The third-order valence-electron chi connectivity index (χ3n) is 1.81. The first-order valence-corrected chi connectivity index (χ1v) is 4.20. The zero-order valence-corrected chi connectivity index (χ0v) is 7.81. The maximum atomic E-state index is 12.2. The van der Waals surface area contributed by atoms with Crippen molar-refractivity contribution in [3.8, 4) is 11.4 Å². The number of benzene rings is 1. The van der Waals surface area contributed by atoms with E-state index in [-0.39, 0.29) is 5.82 Å². The number of nitrogens with zero attached hydrogens (tertiary/aromatic N) is 4. The molecule has 1 aromatic carbocycles. The molecule has 84 valence electrons. The minimum atomic E-state index is -4.65. The maximum Gasteiger partial charge on any atom is 0.522 e. The van der Waals surface area contributed by atoms with Gasteiger partial charge in [0.05, 0.1) is 0 Å². The fourth-order valence-corrected chi connectivity index (χ4v) is 1.07. The van der Waals surface area contributed by atoms with Crippen LogP contribution in [0.5, 0.6) is 0 Å². The number of nitrogen functional groups attached to an aromatic ring is 1. The van der Waals surface area contributed by atoms with Crippen molar-refractivity contribution < 1.29 is 13.2 Å². The van der Waals surface area contributed by atoms with E-state index in [2.05, 4.69) is 15.4 Å². The first kappa shape index (κ1) is 10.4. The molecule has 0 radical (unpaired) electrons. The molecule has 0 saturated heterocycles. The van der Waals surface area contributed by atoms with E-state index >= 15 is 0 Å². The van der Waals surface area contributed by atoms with Gasteiger partial charge in [-0.05, 0) is 29.5 Å². The van der Waals surface area contributed by atoms with Crippen LogP contribution in [0.3, 0.4) is 0 Å². The molecule has 0 amide bonds. The summed E-state index contributed by atoms with van der Waals surface area (Å²) in [7, 11) is 0. The Morgan fingerprint density at radius 2 is 1.75 bits per heavy atom. The van der Waals surface area contributed by atoms with Gasteiger partial charge in [0.1, 0.15) is 0 Å². The molecule has 16 heavy (non-hydrogen) atoms. The molecule has 2 N–H and O–H groups in total. The molecule has 0 spiro atoms. The highest BCUT2D eigenvalue weighted by Gasteiger charge is 2.34. The summed E-state index contributed by atoms with van der Waals surface area (Å²) in [6, 6.07) is 6.13. The number of aromatic nitrogens is 4. The average molecular weight is 229 g/mol. The monoisotopic (exact) mass is 229 g/mol. The number of halogens is 3. The molecular weight excluding hydrogens is 223 g/mol. The van der Waals surface area contributed by atoms with Crippen LogP contribution >= 0.6 is 0 Å². The molecule has 0 atom stereocenters. The van der Waals surface area contributed by atoms with Crippen LogP contribution in [0.1, 0.15) is 0 Å². The molecule has 2 rings (SSSR count). The second kappa shape index (κ2) is 3.47. The van der Waals surface area contributed by atoms with E-state index in [1.807, 2.05) is 0 Å². The zero-order chi connectivity index (χ0) is 11.8. The van der Waals surface area contributed by atoms with E-state index in [4.69, 9.17) is 5.73 Å². The van der Waals surface area contributed by atoms with Crippen LogP contribution in [0.2, 0.25) is 0 Å². The number of hydrogen-bond donors (Lipinski definition) is 1. The minimum Gasteiger partial charge on any atom is -0.399 e. The Morgan fingerprint density at radius 1 is 1.12 bits per heavy atom.